The molecule has 0 amide bonds. The number of aryl methyl sites for hydroxylation is 1. The molecule has 0 aliphatic rings. The van der Waals surface area contributed by atoms with Gasteiger partial charge < -0.3 is 19.6 Å². The van der Waals surface area contributed by atoms with Crippen LogP contribution in [0.25, 0.3) is 0 Å². The molecule has 1 aromatic carbocycles. The average Bonchev–Trinajstić information content (AvgIpc) is 2.53. The Balaban J connectivity index is 2.13. The number of carbonyl (C=O) groups excluding carboxylic acids is 1. The van der Waals surface area contributed by atoms with Crippen LogP contribution in [0.15, 0.2) is 30.3 Å². The summed E-state index contributed by atoms with van der Waals surface area (Å²) in [7, 11) is 1.31. The van der Waals surface area contributed by atoms with Gasteiger partial charge in [-0.2, -0.15) is 0 Å². The predicted octanol–water partition coefficient (Wildman–Crippen LogP) is 2.71. The summed E-state index contributed by atoms with van der Waals surface area (Å²) in [6, 6.07) is 6.61. The van der Waals surface area contributed by atoms with Gasteiger partial charge in [0.25, 0.3) is 0 Å². The van der Waals surface area contributed by atoms with E-state index in [-0.39, 0.29) is 17.1 Å². The lowest BCUT2D eigenvalue weighted by atomic mass is 10.1. The number of nitro groups is 1. The number of ketones is 1. The smallest absolute Gasteiger partial charge is 0.406 e. The first-order valence-electron chi connectivity index (χ1n) is 6.54. The van der Waals surface area contributed by atoms with Crippen molar-refractivity contribution in [1.29, 1.82) is 0 Å². The molecular formula is C15H13FN2O5. The van der Waals surface area contributed by atoms with Crippen molar-refractivity contribution >= 4 is 11.6 Å². The van der Waals surface area contributed by atoms with Crippen LogP contribution in [0.4, 0.5) is 10.2 Å². The van der Waals surface area contributed by atoms with Crippen LogP contribution in [0.3, 0.4) is 0 Å². The number of halogens is 1. The van der Waals surface area contributed by atoms with E-state index in [2.05, 4.69) is 4.98 Å². The molecule has 23 heavy (non-hydrogen) atoms. The van der Waals surface area contributed by atoms with E-state index in [9.17, 15) is 19.3 Å². The molecule has 8 heteroatoms. The Hall–Kier alpha value is -3.03. The van der Waals surface area contributed by atoms with E-state index in [1.54, 1.807) is 6.92 Å². The highest BCUT2D eigenvalue weighted by Gasteiger charge is 2.19. The molecule has 0 aliphatic heterocycles. The van der Waals surface area contributed by atoms with Crippen molar-refractivity contribution in [2.75, 3.05) is 13.7 Å². The molecule has 0 fully saturated rings. The maximum atomic E-state index is 13.6. The maximum absolute atomic E-state index is 13.6. The van der Waals surface area contributed by atoms with Gasteiger partial charge in [-0.15, -0.1) is 0 Å². The summed E-state index contributed by atoms with van der Waals surface area (Å²) in [6.45, 7) is 1.12. The molecule has 1 aromatic heterocycles. The van der Waals surface area contributed by atoms with Crippen LogP contribution in [0.5, 0.6) is 11.5 Å². The molecule has 0 unspecified atom stereocenters. The number of hydrogen-bond donors (Lipinski definition) is 0. The Morgan fingerprint density at radius 1 is 1.30 bits per heavy atom. The van der Waals surface area contributed by atoms with Gasteiger partial charge in [-0.3, -0.25) is 4.79 Å². The van der Waals surface area contributed by atoms with Crippen molar-refractivity contribution in [3.8, 4) is 11.5 Å². The van der Waals surface area contributed by atoms with Gasteiger partial charge in [0.05, 0.1) is 7.11 Å². The minimum Gasteiger partial charge on any atom is -0.494 e. The first-order valence-corrected chi connectivity index (χ1v) is 6.54. The summed E-state index contributed by atoms with van der Waals surface area (Å²) < 4.78 is 23.5. The van der Waals surface area contributed by atoms with Crippen LogP contribution >= 0.6 is 0 Å². The van der Waals surface area contributed by atoms with E-state index in [4.69, 9.17) is 9.47 Å². The Kier molecular flexibility index (Phi) is 4.85. The second kappa shape index (κ2) is 6.82. The lowest BCUT2D eigenvalue weighted by Crippen LogP contribution is -2.13. The van der Waals surface area contributed by atoms with Gasteiger partial charge in [-0.25, -0.2) is 4.39 Å². The maximum Gasteiger partial charge on any atom is 0.406 e. The number of Topliss-reactive ketones (excluding diaryl/α,β-unsaturated/α-hetero) is 1. The number of hydrogen-bond acceptors (Lipinski definition) is 6. The number of benzene rings is 1. The average molecular weight is 320 g/mol. The molecule has 0 bridgehead atoms. The number of aromatic nitrogens is 1. The third-order valence-electron chi connectivity index (χ3n) is 2.98. The molecule has 0 saturated heterocycles. The molecule has 2 aromatic rings. The quantitative estimate of drug-likeness (QED) is 0.461. The number of methoxy groups -OCH3 is 1. The molecule has 0 spiro atoms. The summed E-state index contributed by atoms with van der Waals surface area (Å²) >= 11 is 0. The molecule has 7 nitrogen and oxygen atoms in total. The summed E-state index contributed by atoms with van der Waals surface area (Å²) in [4.78, 5) is 26.0. The zero-order valence-electron chi connectivity index (χ0n) is 12.4. The van der Waals surface area contributed by atoms with Gasteiger partial charge in [-0.1, -0.05) is 0 Å². The normalized spacial score (nSPS) is 10.2. The highest BCUT2D eigenvalue weighted by molar-refractivity contribution is 5.97. The fraction of sp³-hybridized carbons (Fsp3) is 0.200. The van der Waals surface area contributed by atoms with Crippen molar-refractivity contribution in [1.82, 2.24) is 4.98 Å². The van der Waals surface area contributed by atoms with Crippen LogP contribution in [0.1, 0.15) is 16.1 Å². The summed E-state index contributed by atoms with van der Waals surface area (Å²) in [5.74, 6) is -1.79. The van der Waals surface area contributed by atoms with E-state index in [0.717, 1.165) is 6.07 Å². The van der Waals surface area contributed by atoms with E-state index in [0.29, 0.717) is 5.69 Å². The molecule has 120 valence electrons. The molecule has 0 aliphatic carbocycles. The summed E-state index contributed by atoms with van der Waals surface area (Å²) in [5.41, 5.74) is 0.527. The zero-order chi connectivity index (χ0) is 17.0. The predicted molar refractivity (Wildman–Crippen MR) is 78.4 cm³/mol. The highest BCUT2D eigenvalue weighted by Crippen LogP contribution is 2.25. The SMILES string of the molecule is COc1ccc(C(=O)COc2ccc(C)nc2[N+](=O)[O-])cc1F. The second-order valence-corrected chi connectivity index (χ2v) is 4.59. The zero-order valence-corrected chi connectivity index (χ0v) is 12.4. The minimum atomic E-state index is -0.695. The lowest BCUT2D eigenvalue weighted by molar-refractivity contribution is -0.390. The van der Waals surface area contributed by atoms with E-state index >= 15 is 0 Å². The Morgan fingerprint density at radius 3 is 2.61 bits per heavy atom. The number of rotatable bonds is 6. The molecule has 0 N–H and O–H groups in total. The number of carbonyl (C=O) groups is 1. The van der Waals surface area contributed by atoms with Gasteiger partial charge in [0.15, 0.2) is 24.0 Å². The van der Waals surface area contributed by atoms with Gasteiger partial charge >= 0.3 is 5.82 Å². The topological polar surface area (TPSA) is 91.6 Å². The minimum absolute atomic E-state index is 0.0147. The second-order valence-electron chi connectivity index (χ2n) is 4.59. The molecule has 1 heterocycles. The van der Waals surface area contributed by atoms with Crippen LogP contribution in [-0.2, 0) is 0 Å². The van der Waals surface area contributed by atoms with E-state index in [1.165, 1.54) is 31.4 Å². The van der Waals surface area contributed by atoms with Crippen molar-refractivity contribution in [3.63, 3.8) is 0 Å². The standard InChI is InChI=1S/C15H13FN2O5/c1-9-3-5-14(15(17-9)18(20)21)23-8-12(19)10-4-6-13(22-2)11(16)7-10/h3-7H,8H2,1-2H3. The van der Waals surface area contributed by atoms with Gasteiger partial charge in [-0.05, 0) is 40.2 Å². The van der Waals surface area contributed by atoms with Gasteiger partial charge in [0, 0.05) is 12.5 Å². The lowest BCUT2D eigenvalue weighted by Gasteiger charge is -2.07. The van der Waals surface area contributed by atoms with Crippen LogP contribution in [-0.4, -0.2) is 29.4 Å². The van der Waals surface area contributed by atoms with Crippen molar-refractivity contribution in [3.05, 3.63) is 57.5 Å². The van der Waals surface area contributed by atoms with Crippen LogP contribution in [0, 0.1) is 22.9 Å². The highest BCUT2D eigenvalue weighted by atomic mass is 19.1. The van der Waals surface area contributed by atoms with Gasteiger partial charge in [0.2, 0.25) is 5.75 Å². The Labute approximate surface area is 130 Å². The summed E-state index contributed by atoms with van der Waals surface area (Å²) in [5, 5.41) is 10.9. The molecule has 0 atom stereocenters. The number of nitrogens with zero attached hydrogens (tertiary/aromatic N) is 2. The third-order valence-corrected chi connectivity index (χ3v) is 2.98. The fourth-order valence-electron chi connectivity index (χ4n) is 1.84. The summed E-state index contributed by atoms with van der Waals surface area (Å²) in [6.07, 6.45) is 0. The van der Waals surface area contributed by atoms with E-state index < -0.39 is 28.9 Å². The Bertz CT molecular complexity index is 764. The van der Waals surface area contributed by atoms with Crippen molar-refractivity contribution in [2.45, 2.75) is 6.92 Å². The largest absolute Gasteiger partial charge is 0.494 e. The first kappa shape index (κ1) is 16.3. The first-order chi connectivity index (χ1) is 10.9. The number of pyridine rings is 1. The van der Waals surface area contributed by atoms with Gasteiger partial charge in [0.1, 0.15) is 5.69 Å². The molecular weight excluding hydrogens is 307 g/mol. The molecule has 2 rings (SSSR count). The van der Waals surface area contributed by atoms with Crippen molar-refractivity contribution in [2.24, 2.45) is 0 Å². The third kappa shape index (κ3) is 3.79. The monoisotopic (exact) mass is 320 g/mol. The number of ether oxygens (including phenoxy) is 2. The van der Waals surface area contributed by atoms with Crippen molar-refractivity contribution < 1.29 is 23.6 Å². The van der Waals surface area contributed by atoms with E-state index in [1.807, 2.05) is 0 Å². The van der Waals surface area contributed by atoms with Crippen LogP contribution in [0.2, 0.25) is 0 Å². The molecule has 0 radical (unpaired) electrons. The Morgan fingerprint density at radius 2 is 2.00 bits per heavy atom. The fourth-order valence-corrected chi connectivity index (χ4v) is 1.84. The van der Waals surface area contributed by atoms with Crippen LogP contribution < -0.4 is 9.47 Å². The molecule has 0 saturated carbocycles.